The topological polar surface area (TPSA) is 18.5 Å². The molecule has 1 saturated heterocycles. The Balaban J connectivity index is 1.92. The third-order valence-electron chi connectivity index (χ3n) is 2.20. The van der Waals surface area contributed by atoms with E-state index in [-0.39, 0.29) is 6.29 Å². The van der Waals surface area contributed by atoms with Crippen molar-refractivity contribution in [1.82, 2.24) is 0 Å². The summed E-state index contributed by atoms with van der Waals surface area (Å²) in [4.78, 5) is 1.23. The van der Waals surface area contributed by atoms with E-state index in [4.69, 9.17) is 21.1 Å². The van der Waals surface area contributed by atoms with Gasteiger partial charge in [0.1, 0.15) is 0 Å². The van der Waals surface area contributed by atoms with Crippen LogP contribution in [0.4, 0.5) is 0 Å². The summed E-state index contributed by atoms with van der Waals surface area (Å²) >= 11 is 7.63. The summed E-state index contributed by atoms with van der Waals surface area (Å²) in [6, 6.07) is 5.92. The van der Waals surface area contributed by atoms with Gasteiger partial charge in [-0.2, -0.15) is 0 Å². The van der Waals surface area contributed by atoms with Crippen LogP contribution in [0.5, 0.6) is 0 Å². The Morgan fingerprint density at radius 3 is 2.80 bits per heavy atom. The highest BCUT2D eigenvalue weighted by Gasteiger charge is 2.16. The molecular weight excluding hydrogens is 232 g/mol. The Hall–Kier alpha value is -0.220. The molecule has 0 aliphatic carbocycles. The predicted molar refractivity (Wildman–Crippen MR) is 62.6 cm³/mol. The number of halogens is 1. The molecule has 0 bridgehead atoms. The maximum absolute atomic E-state index is 5.89. The molecule has 0 spiro atoms. The number of aryl methyl sites for hydroxylation is 1. The van der Waals surface area contributed by atoms with Crippen LogP contribution in [-0.2, 0) is 9.47 Å². The SMILES string of the molecule is Cc1cc(Cl)ccc1SCC1OCCO1. The number of ether oxygens (including phenoxy) is 2. The number of benzene rings is 1. The summed E-state index contributed by atoms with van der Waals surface area (Å²) in [5, 5.41) is 0.783. The van der Waals surface area contributed by atoms with Crippen molar-refractivity contribution in [2.75, 3.05) is 19.0 Å². The second kappa shape index (κ2) is 5.21. The molecule has 0 N–H and O–H groups in total. The molecule has 1 aliphatic rings. The summed E-state index contributed by atoms with van der Waals surface area (Å²) in [5.41, 5.74) is 1.20. The monoisotopic (exact) mass is 244 g/mol. The van der Waals surface area contributed by atoms with Gasteiger partial charge in [-0.25, -0.2) is 0 Å². The smallest absolute Gasteiger partial charge is 0.167 e. The highest BCUT2D eigenvalue weighted by molar-refractivity contribution is 7.99. The molecule has 1 aromatic rings. The van der Waals surface area contributed by atoms with Crippen LogP contribution in [-0.4, -0.2) is 25.3 Å². The zero-order chi connectivity index (χ0) is 10.7. The zero-order valence-electron chi connectivity index (χ0n) is 8.53. The van der Waals surface area contributed by atoms with Crippen molar-refractivity contribution in [2.24, 2.45) is 0 Å². The van der Waals surface area contributed by atoms with Crippen LogP contribution in [0, 0.1) is 6.92 Å². The highest BCUT2D eigenvalue weighted by atomic mass is 35.5. The standard InChI is InChI=1S/C11H13ClO2S/c1-8-6-9(12)2-3-10(8)15-7-11-13-4-5-14-11/h2-3,6,11H,4-5,7H2,1H3. The fourth-order valence-corrected chi connectivity index (χ4v) is 2.62. The van der Waals surface area contributed by atoms with Gasteiger partial charge in [0.2, 0.25) is 0 Å². The maximum atomic E-state index is 5.89. The molecule has 0 amide bonds. The van der Waals surface area contributed by atoms with Crippen LogP contribution in [0.15, 0.2) is 23.1 Å². The molecule has 0 radical (unpaired) electrons. The van der Waals surface area contributed by atoms with E-state index in [1.165, 1.54) is 10.5 Å². The summed E-state index contributed by atoms with van der Waals surface area (Å²) in [5.74, 6) is 0.836. The number of hydrogen-bond acceptors (Lipinski definition) is 3. The molecule has 82 valence electrons. The Labute approximate surface area is 98.9 Å². The normalized spacial score (nSPS) is 17.2. The fraction of sp³-hybridized carbons (Fsp3) is 0.455. The van der Waals surface area contributed by atoms with Crippen molar-refractivity contribution in [1.29, 1.82) is 0 Å². The van der Waals surface area contributed by atoms with E-state index in [1.807, 2.05) is 18.2 Å². The van der Waals surface area contributed by atoms with E-state index < -0.39 is 0 Å². The first-order valence-corrected chi connectivity index (χ1v) is 6.24. The van der Waals surface area contributed by atoms with Crippen molar-refractivity contribution in [3.8, 4) is 0 Å². The number of rotatable bonds is 3. The molecule has 1 aliphatic heterocycles. The summed E-state index contributed by atoms with van der Waals surface area (Å²) < 4.78 is 10.7. The number of thioether (sulfide) groups is 1. The van der Waals surface area contributed by atoms with Crippen LogP contribution in [0.25, 0.3) is 0 Å². The van der Waals surface area contributed by atoms with Gasteiger partial charge in [0.05, 0.1) is 13.2 Å². The van der Waals surface area contributed by atoms with Crippen molar-refractivity contribution in [3.63, 3.8) is 0 Å². The predicted octanol–water partition coefficient (Wildman–Crippen LogP) is 3.11. The molecule has 1 heterocycles. The fourth-order valence-electron chi connectivity index (χ4n) is 1.44. The Kier molecular flexibility index (Phi) is 3.92. The molecule has 2 nitrogen and oxygen atoms in total. The Bertz CT molecular complexity index is 337. The second-order valence-electron chi connectivity index (χ2n) is 3.39. The van der Waals surface area contributed by atoms with E-state index >= 15 is 0 Å². The Morgan fingerprint density at radius 2 is 2.13 bits per heavy atom. The second-order valence-corrected chi connectivity index (χ2v) is 4.89. The lowest BCUT2D eigenvalue weighted by Crippen LogP contribution is -2.10. The van der Waals surface area contributed by atoms with Crippen LogP contribution in [0.1, 0.15) is 5.56 Å². The van der Waals surface area contributed by atoms with Gasteiger partial charge in [0, 0.05) is 15.7 Å². The zero-order valence-corrected chi connectivity index (χ0v) is 10.1. The van der Waals surface area contributed by atoms with E-state index in [9.17, 15) is 0 Å². The van der Waals surface area contributed by atoms with E-state index in [2.05, 4.69) is 6.92 Å². The molecule has 1 fully saturated rings. The molecule has 4 heteroatoms. The van der Waals surface area contributed by atoms with E-state index in [1.54, 1.807) is 11.8 Å². The molecule has 0 saturated carbocycles. The number of hydrogen-bond donors (Lipinski definition) is 0. The van der Waals surface area contributed by atoms with Crippen molar-refractivity contribution in [2.45, 2.75) is 18.1 Å². The van der Waals surface area contributed by atoms with Gasteiger partial charge in [0.25, 0.3) is 0 Å². The third kappa shape index (κ3) is 3.11. The molecule has 0 atom stereocenters. The van der Waals surface area contributed by atoms with Crippen LogP contribution < -0.4 is 0 Å². The van der Waals surface area contributed by atoms with Crippen LogP contribution in [0.3, 0.4) is 0 Å². The largest absolute Gasteiger partial charge is 0.349 e. The average molecular weight is 245 g/mol. The lowest BCUT2D eigenvalue weighted by Gasteiger charge is -2.10. The van der Waals surface area contributed by atoms with Gasteiger partial charge in [-0.05, 0) is 30.7 Å². The van der Waals surface area contributed by atoms with Gasteiger partial charge in [-0.3, -0.25) is 0 Å². The van der Waals surface area contributed by atoms with Gasteiger partial charge in [-0.15, -0.1) is 11.8 Å². The minimum Gasteiger partial charge on any atom is -0.349 e. The lowest BCUT2D eigenvalue weighted by atomic mass is 10.2. The van der Waals surface area contributed by atoms with E-state index in [0.717, 1.165) is 10.8 Å². The summed E-state index contributed by atoms with van der Waals surface area (Å²) in [6.45, 7) is 3.49. The first-order valence-electron chi connectivity index (χ1n) is 4.88. The lowest BCUT2D eigenvalue weighted by molar-refractivity contribution is -0.0214. The molecular formula is C11H13ClO2S. The summed E-state index contributed by atoms with van der Waals surface area (Å²) in [6.07, 6.45) is -0.0509. The van der Waals surface area contributed by atoms with Gasteiger partial charge in [0.15, 0.2) is 6.29 Å². The highest BCUT2D eigenvalue weighted by Crippen LogP contribution is 2.26. The third-order valence-corrected chi connectivity index (χ3v) is 3.65. The maximum Gasteiger partial charge on any atom is 0.167 e. The minimum atomic E-state index is -0.0509. The van der Waals surface area contributed by atoms with Crippen molar-refractivity contribution < 1.29 is 9.47 Å². The molecule has 0 aromatic heterocycles. The first kappa shape index (κ1) is 11.3. The average Bonchev–Trinajstić information content (AvgIpc) is 2.69. The quantitative estimate of drug-likeness (QED) is 0.762. The Morgan fingerprint density at radius 1 is 1.40 bits per heavy atom. The van der Waals surface area contributed by atoms with Crippen LogP contribution >= 0.6 is 23.4 Å². The van der Waals surface area contributed by atoms with E-state index in [0.29, 0.717) is 13.2 Å². The van der Waals surface area contributed by atoms with Crippen molar-refractivity contribution in [3.05, 3.63) is 28.8 Å². The van der Waals surface area contributed by atoms with Crippen molar-refractivity contribution >= 4 is 23.4 Å². The van der Waals surface area contributed by atoms with Crippen LogP contribution in [0.2, 0.25) is 5.02 Å². The first-order chi connectivity index (χ1) is 7.25. The van der Waals surface area contributed by atoms with Gasteiger partial charge < -0.3 is 9.47 Å². The minimum absolute atomic E-state index is 0.0509. The molecule has 2 rings (SSSR count). The molecule has 15 heavy (non-hydrogen) atoms. The van der Waals surface area contributed by atoms with Gasteiger partial charge >= 0.3 is 0 Å². The molecule has 1 aromatic carbocycles. The molecule has 0 unspecified atom stereocenters. The van der Waals surface area contributed by atoms with Gasteiger partial charge in [-0.1, -0.05) is 11.6 Å². The summed E-state index contributed by atoms with van der Waals surface area (Å²) in [7, 11) is 0.